The fourth-order valence-corrected chi connectivity index (χ4v) is 2.05. The fraction of sp³-hybridized carbons (Fsp3) is 0.588. The molecule has 0 spiro atoms. The minimum absolute atomic E-state index is 0.0393. The van der Waals surface area contributed by atoms with E-state index >= 15 is 0 Å². The number of guanidine groups is 1. The monoisotopic (exact) mass is 319 g/mol. The van der Waals surface area contributed by atoms with Crippen molar-refractivity contribution in [2.75, 3.05) is 33.7 Å². The van der Waals surface area contributed by atoms with E-state index in [9.17, 15) is 4.79 Å². The first-order chi connectivity index (χ1) is 11.2. The highest BCUT2D eigenvalue weighted by atomic mass is 16.2. The zero-order valence-electron chi connectivity index (χ0n) is 14.5. The third-order valence-corrected chi connectivity index (χ3v) is 3.56. The minimum atomic E-state index is 0.0393. The summed E-state index contributed by atoms with van der Waals surface area (Å²) in [4.78, 5) is 22.2. The predicted molar refractivity (Wildman–Crippen MR) is 94.5 cm³/mol. The molecule has 0 saturated heterocycles. The minimum Gasteiger partial charge on any atom is -0.356 e. The van der Waals surface area contributed by atoms with Crippen molar-refractivity contribution in [2.24, 2.45) is 4.99 Å². The van der Waals surface area contributed by atoms with Crippen molar-refractivity contribution in [3.63, 3.8) is 0 Å². The molecule has 0 aliphatic heterocycles. The summed E-state index contributed by atoms with van der Waals surface area (Å²) in [5, 5.41) is 6.27. The number of likely N-dealkylation sites (N-methyl/N-ethyl adjacent to an activating group) is 1. The van der Waals surface area contributed by atoms with Crippen molar-refractivity contribution in [2.45, 2.75) is 32.6 Å². The molecule has 0 aromatic carbocycles. The fourth-order valence-electron chi connectivity index (χ4n) is 2.05. The van der Waals surface area contributed by atoms with Gasteiger partial charge in [-0.25, -0.2) is 0 Å². The van der Waals surface area contributed by atoms with Crippen LogP contribution in [0, 0.1) is 0 Å². The van der Waals surface area contributed by atoms with E-state index in [1.165, 1.54) is 12.8 Å². The summed E-state index contributed by atoms with van der Waals surface area (Å²) in [6, 6.07) is 5.82. The standard InChI is InChI=1S/C17H29N5O/c1-4-5-7-12-20-17(18-2)21-14-16(23)22(3)13-10-15-9-6-8-11-19-15/h6,8-9,11H,4-5,7,10,12-14H2,1-3H3,(H2,18,20,21). The summed E-state index contributed by atoms with van der Waals surface area (Å²) in [6.07, 6.45) is 6.02. The molecule has 2 N–H and O–H groups in total. The molecule has 0 atom stereocenters. The van der Waals surface area contributed by atoms with E-state index in [-0.39, 0.29) is 12.5 Å². The molecule has 1 aromatic heterocycles. The van der Waals surface area contributed by atoms with Crippen LogP contribution in [-0.4, -0.2) is 55.5 Å². The first kappa shape index (κ1) is 18.9. The highest BCUT2D eigenvalue weighted by Gasteiger charge is 2.09. The second-order valence-electron chi connectivity index (χ2n) is 5.45. The summed E-state index contributed by atoms with van der Waals surface area (Å²) in [6.45, 7) is 3.94. The van der Waals surface area contributed by atoms with Crippen molar-refractivity contribution in [3.8, 4) is 0 Å². The second-order valence-corrected chi connectivity index (χ2v) is 5.45. The number of rotatable bonds is 9. The van der Waals surface area contributed by atoms with Crippen LogP contribution in [0.3, 0.4) is 0 Å². The molecule has 6 heteroatoms. The maximum atomic E-state index is 12.1. The number of hydrogen-bond acceptors (Lipinski definition) is 3. The Labute approximate surface area is 139 Å². The van der Waals surface area contributed by atoms with Crippen LogP contribution in [0.15, 0.2) is 29.4 Å². The van der Waals surface area contributed by atoms with Crippen molar-refractivity contribution in [1.82, 2.24) is 20.5 Å². The van der Waals surface area contributed by atoms with E-state index in [0.29, 0.717) is 12.5 Å². The summed E-state index contributed by atoms with van der Waals surface area (Å²) in [5.74, 6) is 0.713. The van der Waals surface area contributed by atoms with E-state index in [1.54, 1.807) is 18.1 Å². The molecule has 0 radical (unpaired) electrons. The number of carbonyl (C=O) groups is 1. The number of carbonyl (C=O) groups excluding carboxylic acids is 1. The number of unbranched alkanes of at least 4 members (excludes halogenated alkanes) is 2. The van der Waals surface area contributed by atoms with Gasteiger partial charge in [0.15, 0.2) is 5.96 Å². The molecule has 0 saturated carbocycles. The Morgan fingerprint density at radius 1 is 1.30 bits per heavy atom. The van der Waals surface area contributed by atoms with Gasteiger partial charge >= 0.3 is 0 Å². The lowest BCUT2D eigenvalue weighted by Crippen LogP contribution is -2.44. The van der Waals surface area contributed by atoms with Gasteiger partial charge in [-0.05, 0) is 18.6 Å². The van der Waals surface area contributed by atoms with E-state index in [1.807, 2.05) is 25.2 Å². The van der Waals surface area contributed by atoms with Gasteiger partial charge in [-0.2, -0.15) is 0 Å². The molecule has 0 unspecified atom stereocenters. The number of nitrogens with one attached hydrogen (secondary N) is 2. The van der Waals surface area contributed by atoms with E-state index in [2.05, 4.69) is 27.5 Å². The van der Waals surface area contributed by atoms with Crippen LogP contribution >= 0.6 is 0 Å². The van der Waals surface area contributed by atoms with Gasteiger partial charge in [0.1, 0.15) is 0 Å². The second kappa shape index (κ2) is 11.5. The van der Waals surface area contributed by atoms with E-state index in [4.69, 9.17) is 0 Å². The Kier molecular flexibility index (Phi) is 9.43. The van der Waals surface area contributed by atoms with Gasteiger partial charge in [-0.15, -0.1) is 0 Å². The van der Waals surface area contributed by atoms with E-state index in [0.717, 1.165) is 25.1 Å². The van der Waals surface area contributed by atoms with Gasteiger partial charge in [-0.3, -0.25) is 14.8 Å². The molecular formula is C17H29N5O. The van der Waals surface area contributed by atoms with Gasteiger partial charge in [0, 0.05) is 45.5 Å². The number of hydrogen-bond donors (Lipinski definition) is 2. The highest BCUT2D eigenvalue weighted by Crippen LogP contribution is 1.96. The van der Waals surface area contributed by atoms with Crippen LogP contribution < -0.4 is 10.6 Å². The van der Waals surface area contributed by atoms with Crippen LogP contribution in [0.2, 0.25) is 0 Å². The molecule has 0 bridgehead atoms. The Hall–Kier alpha value is -2.11. The van der Waals surface area contributed by atoms with Crippen molar-refractivity contribution in [1.29, 1.82) is 0 Å². The maximum absolute atomic E-state index is 12.1. The number of nitrogens with zero attached hydrogens (tertiary/aromatic N) is 3. The van der Waals surface area contributed by atoms with Crippen LogP contribution in [0.25, 0.3) is 0 Å². The highest BCUT2D eigenvalue weighted by molar-refractivity contribution is 5.86. The Morgan fingerprint density at radius 2 is 2.13 bits per heavy atom. The van der Waals surface area contributed by atoms with Crippen LogP contribution in [0.5, 0.6) is 0 Å². The lowest BCUT2D eigenvalue weighted by Gasteiger charge is -2.18. The lowest BCUT2D eigenvalue weighted by atomic mass is 10.2. The number of pyridine rings is 1. The molecule has 6 nitrogen and oxygen atoms in total. The predicted octanol–water partition coefficient (Wildman–Crippen LogP) is 1.44. The first-order valence-electron chi connectivity index (χ1n) is 8.25. The van der Waals surface area contributed by atoms with Gasteiger partial charge in [0.2, 0.25) is 5.91 Å². The van der Waals surface area contributed by atoms with Crippen LogP contribution in [-0.2, 0) is 11.2 Å². The largest absolute Gasteiger partial charge is 0.356 e. The van der Waals surface area contributed by atoms with Gasteiger partial charge in [0.05, 0.1) is 6.54 Å². The number of aliphatic imine (C=N–C) groups is 1. The molecule has 0 fully saturated rings. The molecule has 1 amide bonds. The zero-order valence-corrected chi connectivity index (χ0v) is 14.5. The maximum Gasteiger partial charge on any atom is 0.241 e. The quantitative estimate of drug-likeness (QED) is 0.410. The topological polar surface area (TPSA) is 69.6 Å². The normalized spacial score (nSPS) is 11.2. The van der Waals surface area contributed by atoms with Gasteiger partial charge < -0.3 is 15.5 Å². The molecule has 23 heavy (non-hydrogen) atoms. The Balaban J connectivity index is 2.25. The summed E-state index contributed by atoms with van der Waals surface area (Å²) < 4.78 is 0. The average Bonchev–Trinajstić information content (AvgIpc) is 2.59. The molecule has 1 heterocycles. The van der Waals surface area contributed by atoms with E-state index < -0.39 is 0 Å². The Bertz CT molecular complexity index is 475. The molecule has 0 aliphatic carbocycles. The summed E-state index contributed by atoms with van der Waals surface area (Å²) in [5.41, 5.74) is 0.994. The third-order valence-electron chi connectivity index (χ3n) is 3.56. The number of amides is 1. The van der Waals surface area contributed by atoms with Crippen LogP contribution in [0.1, 0.15) is 31.9 Å². The zero-order chi connectivity index (χ0) is 16.9. The molecule has 128 valence electrons. The van der Waals surface area contributed by atoms with Crippen molar-refractivity contribution >= 4 is 11.9 Å². The van der Waals surface area contributed by atoms with Crippen molar-refractivity contribution in [3.05, 3.63) is 30.1 Å². The first-order valence-corrected chi connectivity index (χ1v) is 8.25. The average molecular weight is 319 g/mol. The number of aromatic nitrogens is 1. The smallest absolute Gasteiger partial charge is 0.241 e. The van der Waals surface area contributed by atoms with Gasteiger partial charge in [0.25, 0.3) is 0 Å². The van der Waals surface area contributed by atoms with Crippen molar-refractivity contribution < 1.29 is 4.79 Å². The molecule has 1 rings (SSSR count). The summed E-state index contributed by atoms with van der Waals surface area (Å²) >= 11 is 0. The SMILES string of the molecule is CCCCCNC(=NC)NCC(=O)N(C)CCc1ccccn1. The lowest BCUT2D eigenvalue weighted by molar-refractivity contribution is -0.128. The third kappa shape index (κ3) is 8.18. The van der Waals surface area contributed by atoms with Crippen LogP contribution in [0.4, 0.5) is 0 Å². The Morgan fingerprint density at radius 3 is 2.78 bits per heavy atom. The molecule has 1 aromatic rings. The summed E-state index contributed by atoms with van der Waals surface area (Å²) in [7, 11) is 3.52. The van der Waals surface area contributed by atoms with Gasteiger partial charge in [-0.1, -0.05) is 25.8 Å². The molecule has 0 aliphatic rings. The molecular weight excluding hydrogens is 290 g/mol.